The number of hydrogen-bond donors (Lipinski definition) is 1. The quantitative estimate of drug-likeness (QED) is 0.897. The first-order valence-corrected chi connectivity index (χ1v) is 7.08. The second kappa shape index (κ2) is 5.47. The number of rotatable bonds is 5. The van der Waals surface area contributed by atoms with Gasteiger partial charge < -0.3 is 9.88 Å². The van der Waals surface area contributed by atoms with Crippen molar-refractivity contribution in [2.75, 3.05) is 11.9 Å². The predicted octanol–water partition coefficient (Wildman–Crippen LogP) is 2.39. The van der Waals surface area contributed by atoms with Crippen LogP contribution in [0.1, 0.15) is 37.4 Å². The van der Waals surface area contributed by atoms with E-state index < -0.39 is 0 Å². The number of aryl methyl sites for hydroxylation is 1. The Morgan fingerprint density at radius 3 is 2.89 bits per heavy atom. The van der Waals surface area contributed by atoms with Gasteiger partial charge in [0.25, 0.3) is 0 Å². The van der Waals surface area contributed by atoms with Crippen molar-refractivity contribution >= 4 is 5.95 Å². The molecule has 0 amide bonds. The summed E-state index contributed by atoms with van der Waals surface area (Å²) in [7, 11) is 1.98. The van der Waals surface area contributed by atoms with Gasteiger partial charge in [-0.3, -0.25) is 4.68 Å². The largest absolute Gasteiger partial charge is 0.355 e. The molecule has 0 atom stereocenters. The molecule has 0 spiro atoms. The van der Waals surface area contributed by atoms with Gasteiger partial charge in [-0.1, -0.05) is 12.8 Å². The van der Waals surface area contributed by atoms with E-state index in [4.69, 9.17) is 0 Å². The number of nitrogens with zero attached hydrogens (tertiary/aromatic N) is 4. The van der Waals surface area contributed by atoms with Gasteiger partial charge in [-0.2, -0.15) is 5.10 Å². The zero-order valence-electron chi connectivity index (χ0n) is 11.4. The van der Waals surface area contributed by atoms with E-state index >= 15 is 0 Å². The van der Waals surface area contributed by atoms with E-state index in [0.717, 1.165) is 18.9 Å². The van der Waals surface area contributed by atoms with Gasteiger partial charge in [0.1, 0.15) is 0 Å². The standard InChI is InChI=1S/C14H21N5/c1-18-12(7-9-17-18)6-8-15-14-16-10-11-19(14)13-4-2-3-5-13/h7,9-11,13H,2-6,8H2,1H3,(H,15,16). The second-order valence-corrected chi connectivity index (χ2v) is 5.22. The van der Waals surface area contributed by atoms with E-state index in [2.05, 4.69) is 32.2 Å². The second-order valence-electron chi connectivity index (χ2n) is 5.22. The molecule has 0 saturated heterocycles. The van der Waals surface area contributed by atoms with Crippen molar-refractivity contribution < 1.29 is 0 Å². The zero-order chi connectivity index (χ0) is 13.1. The Hall–Kier alpha value is -1.78. The lowest BCUT2D eigenvalue weighted by Gasteiger charge is -2.15. The van der Waals surface area contributed by atoms with Crippen LogP contribution in [0, 0.1) is 0 Å². The monoisotopic (exact) mass is 259 g/mol. The van der Waals surface area contributed by atoms with Crippen molar-refractivity contribution in [1.82, 2.24) is 19.3 Å². The molecule has 0 aliphatic heterocycles. The van der Waals surface area contributed by atoms with Crippen LogP contribution in [0.2, 0.25) is 0 Å². The fourth-order valence-electron chi connectivity index (χ4n) is 2.88. The van der Waals surface area contributed by atoms with Crippen LogP contribution in [0.5, 0.6) is 0 Å². The van der Waals surface area contributed by atoms with Gasteiger partial charge in [0, 0.05) is 50.3 Å². The van der Waals surface area contributed by atoms with Gasteiger partial charge in [-0.15, -0.1) is 0 Å². The molecule has 19 heavy (non-hydrogen) atoms. The van der Waals surface area contributed by atoms with E-state index in [0.29, 0.717) is 6.04 Å². The Labute approximate surface area is 113 Å². The van der Waals surface area contributed by atoms with Crippen LogP contribution in [-0.2, 0) is 13.5 Å². The molecule has 1 fully saturated rings. The molecule has 102 valence electrons. The minimum absolute atomic E-state index is 0.640. The first-order chi connectivity index (χ1) is 9.34. The van der Waals surface area contributed by atoms with E-state index in [1.165, 1.54) is 31.4 Å². The molecule has 1 N–H and O–H groups in total. The summed E-state index contributed by atoms with van der Waals surface area (Å²) >= 11 is 0. The first kappa shape index (κ1) is 12.3. The summed E-state index contributed by atoms with van der Waals surface area (Å²) in [6.07, 6.45) is 12.1. The summed E-state index contributed by atoms with van der Waals surface area (Å²) in [5.41, 5.74) is 1.24. The van der Waals surface area contributed by atoms with Crippen molar-refractivity contribution in [3.8, 4) is 0 Å². The average Bonchev–Trinajstić information content (AvgIpc) is 3.11. The predicted molar refractivity (Wildman–Crippen MR) is 75.1 cm³/mol. The third-order valence-electron chi connectivity index (χ3n) is 3.97. The van der Waals surface area contributed by atoms with Crippen LogP contribution < -0.4 is 5.32 Å². The van der Waals surface area contributed by atoms with Crippen molar-refractivity contribution in [2.45, 2.75) is 38.1 Å². The Balaban J connectivity index is 1.58. The minimum Gasteiger partial charge on any atom is -0.355 e. The SMILES string of the molecule is Cn1nccc1CCNc1nccn1C1CCCC1. The highest BCUT2D eigenvalue weighted by molar-refractivity contribution is 5.27. The molecule has 5 nitrogen and oxygen atoms in total. The summed E-state index contributed by atoms with van der Waals surface area (Å²) in [5.74, 6) is 1.01. The van der Waals surface area contributed by atoms with Crippen LogP contribution in [0.25, 0.3) is 0 Å². The third-order valence-corrected chi connectivity index (χ3v) is 3.97. The molecule has 2 heterocycles. The molecular formula is C14H21N5. The van der Waals surface area contributed by atoms with Crippen molar-refractivity contribution in [2.24, 2.45) is 7.05 Å². The van der Waals surface area contributed by atoms with Crippen molar-refractivity contribution in [3.63, 3.8) is 0 Å². The van der Waals surface area contributed by atoms with Crippen LogP contribution in [0.3, 0.4) is 0 Å². The van der Waals surface area contributed by atoms with E-state index in [-0.39, 0.29) is 0 Å². The van der Waals surface area contributed by atoms with Crippen LogP contribution >= 0.6 is 0 Å². The van der Waals surface area contributed by atoms with Gasteiger partial charge in [0.15, 0.2) is 0 Å². The Bertz CT molecular complexity index is 521. The maximum Gasteiger partial charge on any atom is 0.203 e. The van der Waals surface area contributed by atoms with Crippen molar-refractivity contribution in [3.05, 3.63) is 30.4 Å². The lowest BCUT2D eigenvalue weighted by molar-refractivity contribution is 0.523. The fraction of sp³-hybridized carbons (Fsp3) is 0.571. The highest BCUT2D eigenvalue weighted by Crippen LogP contribution is 2.31. The third kappa shape index (κ3) is 2.64. The highest BCUT2D eigenvalue weighted by atomic mass is 15.3. The van der Waals surface area contributed by atoms with E-state index in [9.17, 15) is 0 Å². The molecule has 1 aliphatic rings. The number of hydrogen-bond acceptors (Lipinski definition) is 3. The maximum absolute atomic E-state index is 4.43. The summed E-state index contributed by atoms with van der Waals surface area (Å²) in [6.45, 7) is 0.892. The highest BCUT2D eigenvalue weighted by Gasteiger charge is 2.18. The molecule has 2 aromatic heterocycles. The van der Waals surface area contributed by atoms with Gasteiger partial charge in [-0.05, 0) is 18.9 Å². The average molecular weight is 259 g/mol. The van der Waals surface area contributed by atoms with Crippen LogP contribution in [-0.4, -0.2) is 25.9 Å². The zero-order valence-corrected chi connectivity index (χ0v) is 11.4. The number of aromatic nitrogens is 4. The molecular weight excluding hydrogens is 238 g/mol. The van der Waals surface area contributed by atoms with Gasteiger partial charge in [0.2, 0.25) is 5.95 Å². The molecule has 3 rings (SSSR count). The van der Waals surface area contributed by atoms with Gasteiger partial charge in [-0.25, -0.2) is 4.98 Å². The first-order valence-electron chi connectivity index (χ1n) is 7.08. The molecule has 1 aliphatic carbocycles. The lowest BCUT2D eigenvalue weighted by atomic mass is 10.2. The molecule has 1 saturated carbocycles. The van der Waals surface area contributed by atoms with Crippen LogP contribution in [0.4, 0.5) is 5.95 Å². The summed E-state index contributed by atoms with van der Waals surface area (Å²) < 4.78 is 4.22. The van der Waals surface area contributed by atoms with Crippen LogP contribution in [0.15, 0.2) is 24.7 Å². The molecule has 5 heteroatoms. The number of imidazole rings is 1. The maximum atomic E-state index is 4.43. The molecule has 0 bridgehead atoms. The molecule has 0 unspecified atom stereocenters. The van der Waals surface area contributed by atoms with E-state index in [1.54, 1.807) is 0 Å². The fourth-order valence-corrected chi connectivity index (χ4v) is 2.88. The molecule has 2 aromatic rings. The lowest BCUT2D eigenvalue weighted by Crippen LogP contribution is -2.14. The smallest absolute Gasteiger partial charge is 0.203 e. The summed E-state index contributed by atoms with van der Waals surface area (Å²) in [4.78, 5) is 4.43. The summed E-state index contributed by atoms with van der Waals surface area (Å²) in [6, 6.07) is 2.70. The van der Waals surface area contributed by atoms with E-state index in [1.807, 2.05) is 24.1 Å². The van der Waals surface area contributed by atoms with Crippen molar-refractivity contribution in [1.29, 1.82) is 0 Å². The Morgan fingerprint density at radius 2 is 2.16 bits per heavy atom. The number of anilines is 1. The molecule has 0 radical (unpaired) electrons. The molecule has 0 aromatic carbocycles. The van der Waals surface area contributed by atoms with Gasteiger partial charge >= 0.3 is 0 Å². The summed E-state index contributed by atoms with van der Waals surface area (Å²) in [5, 5.41) is 7.63. The van der Waals surface area contributed by atoms with Gasteiger partial charge in [0.05, 0.1) is 0 Å². The Kier molecular flexibility index (Phi) is 3.53. The normalized spacial score (nSPS) is 16.1. The minimum atomic E-state index is 0.640. The number of nitrogens with one attached hydrogen (secondary N) is 1. The topological polar surface area (TPSA) is 47.7 Å². The Morgan fingerprint density at radius 1 is 1.32 bits per heavy atom.